The fraction of sp³-hybridized carbons (Fsp3) is 0.217. The second kappa shape index (κ2) is 8.88. The molecular weight excluding hydrogens is 460 g/mol. The smallest absolute Gasteiger partial charge is 0.284 e. The zero-order valence-electron chi connectivity index (χ0n) is 16.6. The zero-order valence-corrected chi connectivity index (χ0v) is 18.9. The molecular formula is C23H20Cl2FNO3S. The highest BCUT2D eigenvalue weighted by atomic mass is 35.5. The molecule has 0 aromatic heterocycles. The third kappa shape index (κ3) is 4.78. The van der Waals surface area contributed by atoms with E-state index in [9.17, 15) is 12.8 Å². The molecule has 0 radical (unpaired) electrons. The lowest BCUT2D eigenvalue weighted by atomic mass is 9.90. The van der Waals surface area contributed by atoms with Gasteiger partial charge in [0.15, 0.2) is 0 Å². The van der Waals surface area contributed by atoms with Crippen LogP contribution in [0.2, 0.25) is 10.0 Å². The van der Waals surface area contributed by atoms with Crippen LogP contribution in [-0.2, 0) is 14.3 Å². The Morgan fingerprint density at radius 3 is 1.84 bits per heavy atom. The van der Waals surface area contributed by atoms with Crippen LogP contribution in [-0.4, -0.2) is 32.0 Å². The largest absolute Gasteiger partial charge is 0.297 e. The molecule has 2 atom stereocenters. The number of hydrogen-bond donors (Lipinski definition) is 0. The van der Waals surface area contributed by atoms with Gasteiger partial charge >= 0.3 is 0 Å². The van der Waals surface area contributed by atoms with Crippen LogP contribution in [0.25, 0.3) is 0 Å². The van der Waals surface area contributed by atoms with E-state index in [0.29, 0.717) is 16.6 Å². The fourth-order valence-corrected chi connectivity index (χ4v) is 5.12. The van der Waals surface area contributed by atoms with Crippen LogP contribution in [0.5, 0.6) is 0 Å². The lowest BCUT2D eigenvalue weighted by Crippen LogP contribution is -2.61. The van der Waals surface area contributed by atoms with Crippen LogP contribution in [0.3, 0.4) is 0 Å². The predicted octanol–water partition coefficient (Wildman–Crippen LogP) is 5.70. The monoisotopic (exact) mass is 479 g/mol. The van der Waals surface area contributed by atoms with E-state index in [4.69, 9.17) is 27.4 Å². The Balaban J connectivity index is 1.56. The second-order valence-corrected chi connectivity index (χ2v) is 9.93. The first kappa shape index (κ1) is 22.2. The Labute approximate surface area is 191 Å². The Bertz CT molecular complexity index is 1110. The van der Waals surface area contributed by atoms with Gasteiger partial charge in [-0.1, -0.05) is 47.5 Å². The lowest BCUT2D eigenvalue weighted by molar-refractivity contribution is -0.0513. The number of nitrogens with zero attached hydrogens (tertiary/aromatic N) is 1. The minimum absolute atomic E-state index is 0.0634. The van der Waals surface area contributed by atoms with Crippen LogP contribution < -0.4 is 0 Å². The summed E-state index contributed by atoms with van der Waals surface area (Å²) in [6, 6.07) is 19.5. The quantitative estimate of drug-likeness (QED) is 0.425. The zero-order chi connectivity index (χ0) is 22.2. The Morgan fingerprint density at radius 2 is 1.39 bits per heavy atom. The van der Waals surface area contributed by atoms with Gasteiger partial charge in [-0.15, -0.1) is 0 Å². The average molecular weight is 480 g/mol. The normalized spacial score (nSPS) is 19.4. The molecule has 8 heteroatoms. The van der Waals surface area contributed by atoms with Crippen molar-refractivity contribution in [2.24, 2.45) is 0 Å². The highest BCUT2D eigenvalue weighted by molar-refractivity contribution is 7.86. The van der Waals surface area contributed by atoms with Gasteiger partial charge in [0.2, 0.25) is 0 Å². The molecule has 0 saturated carbocycles. The molecule has 0 bridgehead atoms. The van der Waals surface area contributed by atoms with E-state index in [-0.39, 0.29) is 17.0 Å². The van der Waals surface area contributed by atoms with E-state index in [1.807, 2.05) is 55.5 Å². The summed E-state index contributed by atoms with van der Waals surface area (Å²) in [7, 11) is -3.99. The van der Waals surface area contributed by atoms with Gasteiger partial charge in [0.05, 0.1) is 10.9 Å². The minimum Gasteiger partial charge on any atom is -0.284 e. The highest BCUT2D eigenvalue weighted by Crippen LogP contribution is 2.38. The number of halogens is 3. The lowest BCUT2D eigenvalue weighted by Gasteiger charge is -2.49. The van der Waals surface area contributed by atoms with Crippen LogP contribution in [0, 0.1) is 5.82 Å². The maximum Gasteiger partial charge on any atom is 0.297 e. The van der Waals surface area contributed by atoms with Gasteiger partial charge in [-0.05, 0) is 66.6 Å². The summed E-state index contributed by atoms with van der Waals surface area (Å²) >= 11 is 12.1. The van der Waals surface area contributed by atoms with E-state index in [2.05, 4.69) is 4.90 Å². The number of likely N-dealkylation sites (tertiary alicyclic amines) is 1. The Morgan fingerprint density at radius 1 is 0.903 bits per heavy atom. The molecule has 4 nitrogen and oxygen atoms in total. The van der Waals surface area contributed by atoms with Crippen molar-refractivity contribution in [3.8, 4) is 0 Å². The van der Waals surface area contributed by atoms with Crippen molar-refractivity contribution in [1.29, 1.82) is 0 Å². The molecule has 0 spiro atoms. The third-order valence-corrected chi connectivity index (χ3v) is 7.36. The maximum atomic E-state index is 13.1. The van der Waals surface area contributed by atoms with Crippen molar-refractivity contribution in [1.82, 2.24) is 4.90 Å². The van der Waals surface area contributed by atoms with Crippen molar-refractivity contribution in [3.63, 3.8) is 0 Å². The standard InChI is InChI=1S/C23H20Cl2FNO3S/c1-15-22(30-31(28,29)21-12-10-20(26)11-13-21)14-27(15)23(16-2-6-18(24)7-3-16)17-4-8-19(25)9-5-17/h2-13,15,22-23H,14H2,1H3. The van der Waals surface area contributed by atoms with Crippen molar-refractivity contribution in [3.05, 3.63) is 99.8 Å². The van der Waals surface area contributed by atoms with Crippen molar-refractivity contribution < 1.29 is 17.0 Å². The molecule has 0 aliphatic carbocycles. The van der Waals surface area contributed by atoms with E-state index in [1.165, 1.54) is 12.1 Å². The van der Waals surface area contributed by atoms with Crippen LogP contribution in [0.1, 0.15) is 24.1 Å². The molecule has 2 unspecified atom stereocenters. The van der Waals surface area contributed by atoms with Gasteiger partial charge in [0.25, 0.3) is 10.1 Å². The fourth-order valence-electron chi connectivity index (χ4n) is 3.74. The van der Waals surface area contributed by atoms with Gasteiger partial charge < -0.3 is 0 Å². The summed E-state index contributed by atoms with van der Waals surface area (Å²) < 4.78 is 43.8. The second-order valence-electron chi connectivity index (χ2n) is 7.49. The van der Waals surface area contributed by atoms with Gasteiger partial charge in [0, 0.05) is 22.6 Å². The third-order valence-electron chi connectivity index (χ3n) is 5.51. The molecule has 1 aliphatic heterocycles. The predicted molar refractivity (Wildman–Crippen MR) is 119 cm³/mol. The maximum absolute atomic E-state index is 13.1. The minimum atomic E-state index is -3.99. The Kier molecular flexibility index (Phi) is 6.37. The average Bonchev–Trinajstić information content (AvgIpc) is 2.75. The molecule has 0 N–H and O–H groups in total. The van der Waals surface area contributed by atoms with Gasteiger partial charge in [0.1, 0.15) is 11.9 Å². The molecule has 3 aromatic carbocycles. The summed E-state index contributed by atoms with van der Waals surface area (Å²) in [4.78, 5) is 2.10. The molecule has 3 aromatic rings. The summed E-state index contributed by atoms with van der Waals surface area (Å²) in [6.45, 7) is 2.34. The topological polar surface area (TPSA) is 46.6 Å². The van der Waals surface area contributed by atoms with Gasteiger partial charge in [-0.25, -0.2) is 4.39 Å². The first-order valence-corrected chi connectivity index (χ1v) is 11.9. The molecule has 0 amide bonds. The van der Waals surface area contributed by atoms with Crippen molar-refractivity contribution in [2.45, 2.75) is 30.0 Å². The van der Waals surface area contributed by atoms with Crippen molar-refractivity contribution >= 4 is 33.3 Å². The number of hydrogen-bond acceptors (Lipinski definition) is 4. The van der Waals surface area contributed by atoms with Crippen LogP contribution in [0.4, 0.5) is 4.39 Å². The van der Waals surface area contributed by atoms with Crippen molar-refractivity contribution in [2.75, 3.05) is 6.54 Å². The van der Waals surface area contributed by atoms with Gasteiger partial charge in [-0.3, -0.25) is 9.08 Å². The van der Waals surface area contributed by atoms with E-state index in [1.54, 1.807) is 0 Å². The molecule has 31 heavy (non-hydrogen) atoms. The summed E-state index contributed by atoms with van der Waals surface area (Å²) in [5.41, 5.74) is 2.05. The molecule has 1 saturated heterocycles. The van der Waals surface area contributed by atoms with E-state index >= 15 is 0 Å². The molecule has 1 heterocycles. The summed E-state index contributed by atoms with van der Waals surface area (Å²) in [5.74, 6) is -0.504. The van der Waals surface area contributed by atoms with Gasteiger partial charge in [-0.2, -0.15) is 8.42 Å². The number of benzene rings is 3. The summed E-state index contributed by atoms with van der Waals surface area (Å²) in [6.07, 6.45) is -0.517. The molecule has 162 valence electrons. The Hall–Kier alpha value is -1.96. The van der Waals surface area contributed by atoms with E-state index < -0.39 is 22.0 Å². The first-order valence-electron chi connectivity index (χ1n) is 9.70. The van der Waals surface area contributed by atoms with Crippen LogP contribution in [0.15, 0.2) is 77.7 Å². The molecule has 4 rings (SSSR count). The highest BCUT2D eigenvalue weighted by Gasteiger charge is 2.44. The molecule has 1 aliphatic rings. The van der Waals surface area contributed by atoms with E-state index in [0.717, 1.165) is 23.3 Å². The summed E-state index contributed by atoms with van der Waals surface area (Å²) in [5, 5.41) is 1.28. The molecule has 1 fully saturated rings. The first-order chi connectivity index (χ1) is 14.7. The van der Waals surface area contributed by atoms with Crippen LogP contribution >= 0.6 is 23.2 Å². The SMILES string of the molecule is CC1C(OS(=O)(=O)c2ccc(F)cc2)CN1C(c1ccc(Cl)cc1)c1ccc(Cl)cc1. The number of rotatable bonds is 6.